The summed E-state index contributed by atoms with van der Waals surface area (Å²) >= 11 is 5.83. The van der Waals surface area contributed by atoms with Gasteiger partial charge in [0.25, 0.3) is 5.91 Å². The van der Waals surface area contributed by atoms with E-state index in [1.807, 2.05) is 0 Å². The Hall–Kier alpha value is -3.53. The maximum Gasteiger partial charge on any atom is 0.269 e. The minimum atomic E-state index is -0.701. The van der Waals surface area contributed by atoms with Gasteiger partial charge in [0, 0.05) is 29.7 Å². The van der Waals surface area contributed by atoms with Crippen molar-refractivity contribution in [1.82, 2.24) is 25.0 Å². The fourth-order valence-corrected chi connectivity index (χ4v) is 5.38. The van der Waals surface area contributed by atoms with Gasteiger partial charge in [-0.2, -0.15) is 5.10 Å². The lowest BCUT2D eigenvalue weighted by molar-refractivity contribution is -0.143. The lowest BCUT2D eigenvalue weighted by Crippen LogP contribution is -2.53. The second-order valence-corrected chi connectivity index (χ2v) is 9.07. The molecule has 3 heterocycles. The second-order valence-electron chi connectivity index (χ2n) is 8.67. The molecule has 0 spiro atoms. The molecule has 1 aromatic carbocycles. The van der Waals surface area contributed by atoms with Gasteiger partial charge in [-0.25, -0.2) is 4.39 Å². The van der Waals surface area contributed by atoms with Crippen LogP contribution in [0.25, 0.3) is 10.9 Å². The molecule has 2 aliphatic rings. The third-order valence-corrected chi connectivity index (χ3v) is 6.99. The van der Waals surface area contributed by atoms with E-state index in [-0.39, 0.29) is 53.1 Å². The summed E-state index contributed by atoms with van der Waals surface area (Å²) in [5.41, 5.74) is 6.28. The van der Waals surface area contributed by atoms with Crippen LogP contribution in [0.3, 0.4) is 0 Å². The zero-order valence-electron chi connectivity index (χ0n) is 18.1. The first kappa shape index (κ1) is 22.3. The highest BCUT2D eigenvalue weighted by molar-refractivity contribution is 6.30. The summed E-state index contributed by atoms with van der Waals surface area (Å²) in [6, 6.07) is 5.53. The number of rotatable bonds is 6. The van der Waals surface area contributed by atoms with Crippen molar-refractivity contribution >= 4 is 40.2 Å². The zero-order chi connectivity index (χ0) is 24.0. The Morgan fingerprint density at radius 1 is 1.24 bits per heavy atom. The number of carbonyl (C=O) groups is 3. The number of nitrogens with two attached hydrogens (primary N) is 1. The number of amides is 3. The van der Waals surface area contributed by atoms with Gasteiger partial charge in [-0.1, -0.05) is 23.7 Å². The van der Waals surface area contributed by atoms with Crippen molar-refractivity contribution in [2.45, 2.75) is 44.4 Å². The number of hydrogen-bond acceptors (Lipinski definition) is 5. The Labute approximate surface area is 199 Å². The molecule has 176 valence electrons. The van der Waals surface area contributed by atoms with Gasteiger partial charge in [0.15, 0.2) is 5.69 Å². The Balaban J connectivity index is 1.36. The molecule has 0 radical (unpaired) electrons. The van der Waals surface area contributed by atoms with E-state index in [1.165, 1.54) is 23.1 Å². The number of carbonyl (C=O) groups excluding carboxylic acids is 3. The van der Waals surface area contributed by atoms with Crippen LogP contribution in [0.15, 0.2) is 36.7 Å². The summed E-state index contributed by atoms with van der Waals surface area (Å²) in [5, 5.41) is 7.49. The lowest BCUT2D eigenvalue weighted by Gasteiger charge is -2.34. The van der Waals surface area contributed by atoms with E-state index in [0.29, 0.717) is 10.9 Å². The molecule has 1 saturated heterocycles. The highest BCUT2D eigenvalue weighted by Crippen LogP contribution is 2.42. The van der Waals surface area contributed by atoms with Crippen LogP contribution >= 0.6 is 11.6 Å². The van der Waals surface area contributed by atoms with Crippen molar-refractivity contribution in [3.05, 3.63) is 58.8 Å². The first-order valence-electron chi connectivity index (χ1n) is 11.0. The summed E-state index contributed by atoms with van der Waals surface area (Å²) in [6.45, 7) is -0.191. The number of hydrogen-bond donors (Lipinski definition) is 2. The summed E-state index contributed by atoms with van der Waals surface area (Å²) < 4.78 is 15.6. The summed E-state index contributed by atoms with van der Waals surface area (Å²) in [6.07, 6.45) is 5.44. The Morgan fingerprint density at radius 3 is 2.85 bits per heavy atom. The van der Waals surface area contributed by atoms with E-state index >= 15 is 0 Å². The fraction of sp³-hybridized carbons (Fsp3) is 0.348. The third kappa shape index (κ3) is 3.77. The molecule has 2 aromatic heterocycles. The predicted octanol–water partition coefficient (Wildman–Crippen LogP) is 2.02. The molecule has 1 aliphatic heterocycles. The van der Waals surface area contributed by atoms with Crippen LogP contribution in [0.5, 0.6) is 0 Å². The van der Waals surface area contributed by atoms with Gasteiger partial charge in [0.05, 0.1) is 16.7 Å². The van der Waals surface area contributed by atoms with Crippen molar-refractivity contribution in [3.63, 3.8) is 0 Å². The first-order chi connectivity index (χ1) is 16.3. The highest BCUT2D eigenvalue weighted by atomic mass is 35.5. The number of nitrogens with one attached hydrogen (secondary N) is 1. The third-order valence-electron chi connectivity index (χ3n) is 6.70. The molecule has 1 saturated carbocycles. The Kier molecular flexibility index (Phi) is 5.68. The predicted molar refractivity (Wildman–Crippen MR) is 121 cm³/mol. The van der Waals surface area contributed by atoms with E-state index in [0.717, 1.165) is 19.3 Å². The molecule has 11 heteroatoms. The number of fused-ring (bicyclic) bond motifs is 3. The van der Waals surface area contributed by atoms with Crippen LogP contribution in [-0.2, 0) is 22.7 Å². The van der Waals surface area contributed by atoms with Crippen LogP contribution in [0.1, 0.15) is 35.3 Å². The average molecular weight is 485 g/mol. The highest BCUT2D eigenvalue weighted by Gasteiger charge is 2.51. The number of halogens is 2. The summed E-state index contributed by atoms with van der Waals surface area (Å²) in [4.78, 5) is 44.0. The fourth-order valence-electron chi connectivity index (χ4n) is 5.19. The summed E-state index contributed by atoms with van der Waals surface area (Å²) in [5.74, 6) is -1.85. The molecule has 9 nitrogen and oxygen atoms in total. The van der Waals surface area contributed by atoms with Crippen LogP contribution in [0.2, 0.25) is 5.02 Å². The SMILES string of the molecule is NC(=O)c1nn(CC(=O)N2[C@@H]3CC[C@@H](C3)[C@H]2C(=O)NCc2cccc(Cl)c2F)c2cnccc12. The molecule has 3 amide bonds. The van der Waals surface area contributed by atoms with Crippen LogP contribution in [0, 0.1) is 11.7 Å². The minimum Gasteiger partial charge on any atom is -0.364 e. The standard InChI is InChI=1S/C23H22ClFN6O3/c24-16-3-1-2-13(19(16)25)9-28-23(34)21-12-4-5-14(8-12)31(21)18(32)11-30-17-10-27-7-6-15(17)20(29-30)22(26)33/h1-3,6-7,10,12,14,21H,4-5,8-9,11H2,(H2,26,33)(H,28,34)/t12-,14+,21-/m0/s1. The van der Waals surface area contributed by atoms with Crippen molar-refractivity contribution in [2.75, 3.05) is 0 Å². The van der Waals surface area contributed by atoms with E-state index in [9.17, 15) is 18.8 Å². The number of likely N-dealkylation sites (tertiary alicyclic amines) is 1. The molecule has 3 aromatic rings. The molecule has 0 unspecified atom stereocenters. The molecule has 2 fully saturated rings. The molecular formula is C23H22ClFN6O3. The minimum absolute atomic E-state index is 0.0141. The molecular weight excluding hydrogens is 463 g/mol. The number of nitrogens with zero attached hydrogens (tertiary/aromatic N) is 4. The van der Waals surface area contributed by atoms with Gasteiger partial charge in [-0.3, -0.25) is 24.0 Å². The smallest absolute Gasteiger partial charge is 0.269 e. The van der Waals surface area contributed by atoms with Crippen LogP contribution < -0.4 is 11.1 Å². The van der Waals surface area contributed by atoms with E-state index in [1.54, 1.807) is 23.1 Å². The summed E-state index contributed by atoms with van der Waals surface area (Å²) in [7, 11) is 0. The monoisotopic (exact) mass is 484 g/mol. The van der Waals surface area contributed by atoms with Crippen molar-refractivity contribution in [2.24, 2.45) is 11.7 Å². The molecule has 3 atom stereocenters. The molecule has 3 N–H and O–H groups in total. The van der Waals surface area contributed by atoms with E-state index in [4.69, 9.17) is 17.3 Å². The van der Waals surface area contributed by atoms with Gasteiger partial charge in [-0.05, 0) is 37.3 Å². The molecule has 1 aliphatic carbocycles. The van der Waals surface area contributed by atoms with Crippen LogP contribution in [0.4, 0.5) is 4.39 Å². The average Bonchev–Trinajstić information content (AvgIpc) is 3.53. The topological polar surface area (TPSA) is 123 Å². The van der Waals surface area contributed by atoms with Gasteiger partial charge in [-0.15, -0.1) is 0 Å². The number of pyridine rings is 1. The van der Waals surface area contributed by atoms with Crippen LogP contribution in [-0.4, -0.2) is 49.5 Å². The van der Waals surface area contributed by atoms with E-state index in [2.05, 4.69) is 15.4 Å². The number of primary amides is 1. The number of piperidine rings is 1. The van der Waals surface area contributed by atoms with Gasteiger partial charge < -0.3 is 16.0 Å². The maximum absolute atomic E-state index is 14.2. The largest absolute Gasteiger partial charge is 0.364 e. The number of benzene rings is 1. The zero-order valence-corrected chi connectivity index (χ0v) is 18.8. The van der Waals surface area contributed by atoms with E-state index < -0.39 is 17.8 Å². The first-order valence-corrected chi connectivity index (χ1v) is 11.3. The van der Waals surface area contributed by atoms with Gasteiger partial charge >= 0.3 is 0 Å². The van der Waals surface area contributed by atoms with Gasteiger partial charge in [0.2, 0.25) is 11.8 Å². The Bertz CT molecular complexity index is 1310. The van der Waals surface area contributed by atoms with Crippen molar-refractivity contribution in [1.29, 1.82) is 0 Å². The second kappa shape index (κ2) is 8.68. The normalized spacial score (nSPS) is 21.2. The van der Waals surface area contributed by atoms with Crippen molar-refractivity contribution in [3.8, 4) is 0 Å². The maximum atomic E-state index is 14.2. The number of aromatic nitrogens is 3. The quantitative estimate of drug-likeness (QED) is 0.554. The molecule has 5 rings (SSSR count). The molecule has 34 heavy (non-hydrogen) atoms. The Morgan fingerprint density at radius 2 is 2.06 bits per heavy atom. The van der Waals surface area contributed by atoms with Crippen molar-refractivity contribution < 1.29 is 18.8 Å². The van der Waals surface area contributed by atoms with Gasteiger partial charge in [0.1, 0.15) is 18.4 Å². The molecule has 2 bridgehead atoms. The lowest BCUT2D eigenvalue weighted by atomic mass is 9.97.